The summed E-state index contributed by atoms with van der Waals surface area (Å²) in [6.07, 6.45) is 0. The smallest absolute Gasteiger partial charge is 0.354 e. The summed E-state index contributed by atoms with van der Waals surface area (Å²) in [6.45, 7) is 3.15. The molecular weight excluding hydrogens is 296 g/mol. The van der Waals surface area contributed by atoms with Gasteiger partial charge in [0.1, 0.15) is 5.82 Å². The number of rotatable bonds is 8. The van der Waals surface area contributed by atoms with Gasteiger partial charge in [0.25, 0.3) is 0 Å². The average molecular weight is 316 g/mol. The number of aromatic nitrogens is 1. The summed E-state index contributed by atoms with van der Waals surface area (Å²) in [7, 11) is 1.61. The quantitative estimate of drug-likeness (QED) is 0.779. The number of hydrogen-bond donors (Lipinski definition) is 2. The summed E-state index contributed by atoms with van der Waals surface area (Å²) < 4.78 is 11.0. The molecule has 0 saturated heterocycles. The fourth-order valence-electron chi connectivity index (χ4n) is 1.96. The molecule has 1 aromatic carbocycles. The number of aromatic carboxylic acids is 1. The highest BCUT2D eigenvalue weighted by molar-refractivity contribution is 5.85. The van der Waals surface area contributed by atoms with E-state index in [-0.39, 0.29) is 11.6 Å². The number of carboxylic acids is 1. The van der Waals surface area contributed by atoms with Crippen molar-refractivity contribution >= 4 is 11.8 Å². The molecule has 0 amide bonds. The highest BCUT2D eigenvalue weighted by Gasteiger charge is 2.09. The molecule has 0 aliphatic rings. The van der Waals surface area contributed by atoms with Crippen LogP contribution in [0.15, 0.2) is 42.5 Å². The standard InChI is InChI=1S/C17H20N2O4/c1-12(11-23-15-8-4-3-7-14(15)22-2)10-18-16-9-5-6-13(19-16)17(20)21/h3-9,12H,10-11H2,1-2H3,(H,18,19)(H,20,21). The summed E-state index contributed by atoms with van der Waals surface area (Å²) in [5.74, 6) is 1.10. The lowest BCUT2D eigenvalue weighted by atomic mass is 10.2. The van der Waals surface area contributed by atoms with Crippen molar-refractivity contribution in [2.24, 2.45) is 5.92 Å². The molecule has 1 aromatic heterocycles. The summed E-state index contributed by atoms with van der Waals surface area (Å²) in [5, 5.41) is 12.0. The van der Waals surface area contributed by atoms with Crippen LogP contribution in [0, 0.1) is 5.92 Å². The fourth-order valence-corrected chi connectivity index (χ4v) is 1.96. The molecule has 0 bridgehead atoms. The van der Waals surface area contributed by atoms with Gasteiger partial charge in [-0.1, -0.05) is 25.1 Å². The Kier molecular flexibility index (Phi) is 5.80. The molecule has 6 nitrogen and oxygen atoms in total. The van der Waals surface area contributed by atoms with Crippen molar-refractivity contribution in [2.45, 2.75) is 6.92 Å². The van der Waals surface area contributed by atoms with Crippen LogP contribution in [0.25, 0.3) is 0 Å². The molecule has 122 valence electrons. The molecule has 2 aromatic rings. The lowest BCUT2D eigenvalue weighted by Crippen LogP contribution is -2.19. The number of ether oxygens (including phenoxy) is 2. The van der Waals surface area contributed by atoms with Gasteiger partial charge >= 0.3 is 5.97 Å². The average Bonchev–Trinajstić information content (AvgIpc) is 2.58. The Bertz CT molecular complexity index is 661. The van der Waals surface area contributed by atoms with Gasteiger partial charge in [0.15, 0.2) is 17.2 Å². The zero-order valence-corrected chi connectivity index (χ0v) is 13.2. The van der Waals surface area contributed by atoms with Gasteiger partial charge in [-0.3, -0.25) is 0 Å². The Balaban J connectivity index is 1.84. The Morgan fingerprint density at radius 2 is 1.96 bits per heavy atom. The normalized spacial score (nSPS) is 11.6. The van der Waals surface area contributed by atoms with Crippen molar-refractivity contribution in [1.29, 1.82) is 0 Å². The Morgan fingerprint density at radius 3 is 2.65 bits per heavy atom. The molecule has 23 heavy (non-hydrogen) atoms. The van der Waals surface area contributed by atoms with Gasteiger partial charge in [-0.15, -0.1) is 0 Å². The van der Waals surface area contributed by atoms with Crippen molar-refractivity contribution in [3.05, 3.63) is 48.2 Å². The SMILES string of the molecule is COc1ccccc1OCC(C)CNc1cccc(C(=O)O)n1. The van der Waals surface area contributed by atoms with E-state index in [1.807, 2.05) is 31.2 Å². The van der Waals surface area contributed by atoms with Crippen LogP contribution in [-0.4, -0.2) is 36.3 Å². The molecule has 2 N–H and O–H groups in total. The van der Waals surface area contributed by atoms with Crippen molar-refractivity contribution < 1.29 is 19.4 Å². The number of para-hydroxylation sites is 2. The van der Waals surface area contributed by atoms with Crippen molar-refractivity contribution in [1.82, 2.24) is 4.98 Å². The molecule has 1 heterocycles. The Morgan fingerprint density at radius 1 is 1.22 bits per heavy atom. The molecule has 0 fully saturated rings. The van der Waals surface area contributed by atoms with Gasteiger partial charge in [-0.05, 0) is 24.3 Å². The van der Waals surface area contributed by atoms with Crippen molar-refractivity contribution in [2.75, 3.05) is 25.6 Å². The van der Waals surface area contributed by atoms with Crippen LogP contribution in [0.3, 0.4) is 0 Å². The molecule has 0 radical (unpaired) electrons. The molecule has 0 spiro atoms. The van der Waals surface area contributed by atoms with E-state index < -0.39 is 5.97 Å². The Hall–Kier alpha value is -2.76. The van der Waals surface area contributed by atoms with E-state index in [0.29, 0.717) is 30.5 Å². The number of methoxy groups -OCH3 is 1. The largest absolute Gasteiger partial charge is 0.493 e. The summed E-state index contributed by atoms with van der Waals surface area (Å²) >= 11 is 0. The Labute approximate surface area is 135 Å². The highest BCUT2D eigenvalue weighted by Crippen LogP contribution is 2.26. The summed E-state index contributed by atoms with van der Waals surface area (Å²) in [5.41, 5.74) is 0.0212. The van der Waals surface area contributed by atoms with Crippen molar-refractivity contribution in [3.8, 4) is 11.5 Å². The van der Waals surface area contributed by atoms with E-state index in [1.54, 1.807) is 19.2 Å². The van der Waals surface area contributed by atoms with Crippen LogP contribution < -0.4 is 14.8 Å². The van der Waals surface area contributed by atoms with E-state index in [2.05, 4.69) is 10.3 Å². The number of carboxylic acid groups (broad SMARTS) is 1. The zero-order chi connectivity index (χ0) is 16.7. The maximum atomic E-state index is 10.9. The molecule has 0 saturated carbocycles. The topological polar surface area (TPSA) is 80.7 Å². The summed E-state index contributed by atoms with van der Waals surface area (Å²) in [4.78, 5) is 14.9. The van der Waals surface area contributed by atoms with Crippen LogP contribution in [0.5, 0.6) is 11.5 Å². The van der Waals surface area contributed by atoms with Gasteiger partial charge in [-0.25, -0.2) is 9.78 Å². The van der Waals surface area contributed by atoms with Crippen LogP contribution in [0.4, 0.5) is 5.82 Å². The third-order valence-corrected chi connectivity index (χ3v) is 3.19. The maximum Gasteiger partial charge on any atom is 0.354 e. The molecule has 0 aliphatic heterocycles. The van der Waals surface area contributed by atoms with E-state index in [4.69, 9.17) is 14.6 Å². The highest BCUT2D eigenvalue weighted by atomic mass is 16.5. The second-order valence-electron chi connectivity index (χ2n) is 5.16. The molecule has 0 aliphatic carbocycles. The number of anilines is 1. The van der Waals surface area contributed by atoms with Crippen molar-refractivity contribution in [3.63, 3.8) is 0 Å². The third kappa shape index (κ3) is 4.88. The number of nitrogens with zero attached hydrogens (tertiary/aromatic N) is 1. The molecular formula is C17H20N2O4. The maximum absolute atomic E-state index is 10.9. The molecule has 1 unspecified atom stereocenters. The minimum Gasteiger partial charge on any atom is -0.493 e. The van der Waals surface area contributed by atoms with E-state index >= 15 is 0 Å². The van der Waals surface area contributed by atoms with E-state index in [0.717, 1.165) is 0 Å². The number of hydrogen-bond acceptors (Lipinski definition) is 5. The third-order valence-electron chi connectivity index (χ3n) is 3.19. The number of pyridine rings is 1. The monoisotopic (exact) mass is 316 g/mol. The second-order valence-corrected chi connectivity index (χ2v) is 5.16. The van der Waals surface area contributed by atoms with Gasteiger partial charge in [0.2, 0.25) is 0 Å². The molecule has 6 heteroatoms. The van der Waals surface area contributed by atoms with E-state index in [1.165, 1.54) is 6.07 Å². The number of carbonyl (C=O) groups is 1. The minimum atomic E-state index is -1.04. The van der Waals surface area contributed by atoms with Gasteiger partial charge in [0, 0.05) is 12.5 Å². The first-order valence-electron chi connectivity index (χ1n) is 7.30. The van der Waals surface area contributed by atoms with Crippen LogP contribution >= 0.6 is 0 Å². The van der Waals surface area contributed by atoms with Gasteiger partial charge < -0.3 is 19.9 Å². The number of nitrogens with one attached hydrogen (secondary N) is 1. The van der Waals surface area contributed by atoms with Gasteiger partial charge in [0.05, 0.1) is 13.7 Å². The van der Waals surface area contributed by atoms with Crippen LogP contribution in [0.1, 0.15) is 17.4 Å². The lowest BCUT2D eigenvalue weighted by Gasteiger charge is -2.16. The second kappa shape index (κ2) is 8.03. The number of benzene rings is 1. The molecule has 2 rings (SSSR count). The minimum absolute atomic E-state index is 0.0212. The van der Waals surface area contributed by atoms with Crippen LogP contribution in [0.2, 0.25) is 0 Å². The zero-order valence-electron chi connectivity index (χ0n) is 13.2. The fraction of sp³-hybridized carbons (Fsp3) is 0.294. The predicted molar refractivity (Wildman–Crippen MR) is 87.3 cm³/mol. The lowest BCUT2D eigenvalue weighted by molar-refractivity contribution is 0.0690. The van der Waals surface area contributed by atoms with Gasteiger partial charge in [-0.2, -0.15) is 0 Å². The predicted octanol–water partition coefficient (Wildman–Crippen LogP) is 2.92. The molecule has 1 atom stereocenters. The first-order valence-corrected chi connectivity index (χ1v) is 7.30. The summed E-state index contributed by atoms with van der Waals surface area (Å²) in [6, 6.07) is 12.3. The van der Waals surface area contributed by atoms with E-state index in [9.17, 15) is 4.79 Å². The van der Waals surface area contributed by atoms with Crippen LogP contribution in [-0.2, 0) is 0 Å². The first-order chi connectivity index (χ1) is 11.1. The first kappa shape index (κ1) is 16.6.